The summed E-state index contributed by atoms with van der Waals surface area (Å²) in [5, 5.41) is 0. The van der Waals surface area contributed by atoms with Crippen LogP contribution in [-0.4, -0.2) is 46.1 Å². The third-order valence-electron chi connectivity index (χ3n) is 5.97. The molecular formula is C19H33NO5S. The van der Waals surface area contributed by atoms with Crippen LogP contribution in [0.2, 0.25) is 0 Å². The fourth-order valence-electron chi connectivity index (χ4n) is 4.76. The zero-order chi connectivity index (χ0) is 19.1. The first-order valence-corrected chi connectivity index (χ1v) is 10.9. The van der Waals surface area contributed by atoms with Crippen LogP contribution in [0.1, 0.15) is 72.6 Å². The average Bonchev–Trinajstić information content (AvgIpc) is 2.96. The van der Waals surface area contributed by atoms with E-state index >= 15 is 0 Å². The van der Waals surface area contributed by atoms with Gasteiger partial charge in [-0.1, -0.05) is 0 Å². The summed E-state index contributed by atoms with van der Waals surface area (Å²) in [5.41, 5.74) is -0.228. The van der Waals surface area contributed by atoms with Crippen molar-refractivity contribution in [2.45, 2.75) is 88.7 Å². The lowest BCUT2D eigenvalue weighted by molar-refractivity contribution is -0.206. The smallest absolute Gasteiger partial charge is 0.307 e. The Morgan fingerprint density at radius 1 is 1.12 bits per heavy atom. The van der Waals surface area contributed by atoms with Gasteiger partial charge in [-0.25, -0.2) is 8.93 Å². The number of carbonyl (C=O) groups is 1. The van der Waals surface area contributed by atoms with Crippen LogP contribution in [0.4, 0.5) is 0 Å². The quantitative estimate of drug-likeness (QED) is 0.734. The van der Waals surface area contributed by atoms with Crippen molar-refractivity contribution in [3.05, 3.63) is 0 Å². The van der Waals surface area contributed by atoms with Crippen LogP contribution < -0.4 is 4.72 Å². The van der Waals surface area contributed by atoms with E-state index in [-0.39, 0.29) is 28.3 Å². The second-order valence-electron chi connectivity index (χ2n) is 9.21. The van der Waals surface area contributed by atoms with E-state index in [0.717, 1.165) is 38.5 Å². The predicted molar refractivity (Wildman–Crippen MR) is 99.8 cm³/mol. The van der Waals surface area contributed by atoms with Gasteiger partial charge in [-0.2, -0.15) is 0 Å². The lowest BCUT2D eigenvalue weighted by Gasteiger charge is -2.59. The molecule has 2 aliphatic carbocycles. The molecule has 1 heterocycles. The molecule has 3 fully saturated rings. The summed E-state index contributed by atoms with van der Waals surface area (Å²) in [6.45, 7) is 9.40. The number of nitrogens with one attached hydrogen (secondary N) is 1. The molecule has 3 aliphatic rings. The Balaban J connectivity index is 1.65. The first kappa shape index (κ1) is 20.2. The minimum Gasteiger partial charge on any atom is -0.466 e. The van der Waals surface area contributed by atoms with Crippen LogP contribution in [-0.2, 0) is 30.0 Å². The fraction of sp³-hybridized carbons (Fsp3) is 0.947. The maximum absolute atomic E-state index is 12.7. The van der Waals surface area contributed by atoms with Crippen LogP contribution in [0.3, 0.4) is 0 Å². The van der Waals surface area contributed by atoms with Crippen LogP contribution in [0.5, 0.6) is 0 Å². The molecule has 6 nitrogen and oxygen atoms in total. The topological polar surface area (TPSA) is 73.9 Å². The van der Waals surface area contributed by atoms with Crippen molar-refractivity contribution in [2.75, 3.05) is 19.8 Å². The van der Waals surface area contributed by atoms with E-state index in [4.69, 9.17) is 14.2 Å². The standard InChI is InChI=1S/C19H33NO5S/c1-5-23-15(21)12-18(20-26(22)16(2,3)4)13-17(14-18)6-8-19(9-7-17)24-10-11-25-19/h20H,5-14H2,1-4H3. The number of ether oxygens (including phenoxy) is 3. The van der Waals surface area contributed by atoms with Crippen molar-refractivity contribution in [3.8, 4) is 0 Å². The maximum atomic E-state index is 12.7. The Kier molecular flexibility index (Phi) is 5.57. The molecule has 1 saturated heterocycles. The summed E-state index contributed by atoms with van der Waals surface area (Å²) < 4.78 is 32.5. The number of hydrogen-bond acceptors (Lipinski definition) is 5. The number of hydrogen-bond donors (Lipinski definition) is 1. The number of carbonyl (C=O) groups excluding carboxylic acids is 1. The lowest BCUT2D eigenvalue weighted by Crippen LogP contribution is -2.64. The summed E-state index contributed by atoms with van der Waals surface area (Å²) >= 11 is 0. The van der Waals surface area contributed by atoms with Gasteiger partial charge < -0.3 is 14.2 Å². The zero-order valence-electron chi connectivity index (χ0n) is 16.5. The molecule has 2 spiro atoms. The largest absolute Gasteiger partial charge is 0.466 e. The predicted octanol–water partition coefficient (Wildman–Crippen LogP) is 2.83. The summed E-state index contributed by atoms with van der Waals surface area (Å²) in [6, 6.07) is 0. The molecule has 3 rings (SSSR count). The Bertz CT molecular complexity index is 547. The summed E-state index contributed by atoms with van der Waals surface area (Å²) in [5.74, 6) is -0.581. The van der Waals surface area contributed by atoms with Crippen LogP contribution in [0.25, 0.3) is 0 Å². The first-order chi connectivity index (χ1) is 12.1. The molecule has 1 aliphatic heterocycles. The van der Waals surface area contributed by atoms with E-state index in [2.05, 4.69) is 4.72 Å². The number of esters is 1. The highest BCUT2D eigenvalue weighted by molar-refractivity contribution is 7.84. The lowest BCUT2D eigenvalue weighted by atomic mass is 9.51. The molecule has 0 aromatic heterocycles. The van der Waals surface area contributed by atoms with Gasteiger partial charge in [0, 0.05) is 18.4 Å². The molecule has 0 amide bonds. The van der Waals surface area contributed by atoms with Crippen molar-refractivity contribution in [2.24, 2.45) is 5.41 Å². The summed E-state index contributed by atoms with van der Waals surface area (Å²) in [6.07, 6.45) is 5.87. The molecule has 0 aromatic rings. The maximum Gasteiger partial charge on any atom is 0.307 e. The normalized spacial score (nSPS) is 27.2. The van der Waals surface area contributed by atoms with Gasteiger partial charge in [-0.15, -0.1) is 0 Å². The van der Waals surface area contributed by atoms with Gasteiger partial charge in [0.25, 0.3) is 0 Å². The third kappa shape index (κ3) is 4.16. The molecule has 1 unspecified atom stereocenters. The van der Waals surface area contributed by atoms with Gasteiger partial charge in [-0.3, -0.25) is 4.79 Å². The molecule has 1 N–H and O–H groups in total. The molecule has 0 radical (unpaired) electrons. The molecule has 2 saturated carbocycles. The van der Waals surface area contributed by atoms with Gasteiger partial charge >= 0.3 is 5.97 Å². The first-order valence-electron chi connectivity index (χ1n) is 9.75. The van der Waals surface area contributed by atoms with Crippen LogP contribution in [0, 0.1) is 5.41 Å². The van der Waals surface area contributed by atoms with Gasteiger partial charge in [0.15, 0.2) is 5.79 Å². The van der Waals surface area contributed by atoms with E-state index < -0.39 is 16.5 Å². The van der Waals surface area contributed by atoms with E-state index in [9.17, 15) is 9.00 Å². The van der Waals surface area contributed by atoms with E-state index in [1.54, 1.807) is 0 Å². The Labute approximate surface area is 159 Å². The van der Waals surface area contributed by atoms with Gasteiger partial charge in [0.2, 0.25) is 0 Å². The second-order valence-corrected chi connectivity index (χ2v) is 11.2. The van der Waals surface area contributed by atoms with E-state index in [0.29, 0.717) is 19.8 Å². The molecule has 0 bridgehead atoms. The third-order valence-corrected chi connectivity index (χ3v) is 7.70. The molecular weight excluding hydrogens is 354 g/mol. The Morgan fingerprint density at radius 2 is 1.69 bits per heavy atom. The highest BCUT2D eigenvalue weighted by Crippen LogP contribution is 2.60. The number of rotatable bonds is 5. The van der Waals surface area contributed by atoms with Crippen molar-refractivity contribution in [1.82, 2.24) is 4.72 Å². The second kappa shape index (κ2) is 7.15. The van der Waals surface area contributed by atoms with Crippen molar-refractivity contribution in [3.63, 3.8) is 0 Å². The molecule has 0 aromatic carbocycles. The van der Waals surface area contributed by atoms with E-state index in [1.165, 1.54) is 0 Å². The molecule has 7 heteroatoms. The van der Waals surface area contributed by atoms with E-state index in [1.807, 2.05) is 27.7 Å². The van der Waals surface area contributed by atoms with Crippen molar-refractivity contribution < 1.29 is 23.2 Å². The van der Waals surface area contributed by atoms with Crippen molar-refractivity contribution >= 4 is 17.0 Å². The highest BCUT2D eigenvalue weighted by atomic mass is 32.2. The van der Waals surface area contributed by atoms with Gasteiger partial charge in [-0.05, 0) is 58.8 Å². The Morgan fingerprint density at radius 3 is 2.19 bits per heavy atom. The van der Waals surface area contributed by atoms with Crippen LogP contribution >= 0.6 is 0 Å². The van der Waals surface area contributed by atoms with Crippen LogP contribution in [0.15, 0.2) is 0 Å². The molecule has 1 atom stereocenters. The summed E-state index contributed by atoms with van der Waals surface area (Å²) in [7, 11) is -1.21. The minimum atomic E-state index is -1.21. The average molecular weight is 388 g/mol. The van der Waals surface area contributed by atoms with Gasteiger partial charge in [0.1, 0.15) is 0 Å². The monoisotopic (exact) mass is 387 g/mol. The van der Waals surface area contributed by atoms with Crippen molar-refractivity contribution in [1.29, 1.82) is 0 Å². The highest BCUT2D eigenvalue weighted by Gasteiger charge is 2.59. The van der Waals surface area contributed by atoms with Gasteiger partial charge in [0.05, 0.1) is 42.0 Å². The Hall–Kier alpha value is -0.500. The minimum absolute atomic E-state index is 0.197. The SMILES string of the molecule is CCOC(=O)CC1(NS(=O)C(C)(C)C)CC2(CCC3(CC2)OCCO3)C1. The molecule has 26 heavy (non-hydrogen) atoms. The molecule has 150 valence electrons. The summed E-state index contributed by atoms with van der Waals surface area (Å²) in [4.78, 5) is 12.2. The fourth-order valence-corrected chi connectivity index (χ4v) is 5.67. The zero-order valence-corrected chi connectivity index (χ0v) is 17.3.